The van der Waals surface area contributed by atoms with Gasteiger partial charge in [0.25, 0.3) is 0 Å². The van der Waals surface area contributed by atoms with Crippen LogP contribution in [0.25, 0.3) is 0 Å². The third-order valence-electron chi connectivity index (χ3n) is 6.55. The molecule has 0 aliphatic carbocycles. The summed E-state index contributed by atoms with van der Waals surface area (Å²) in [7, 11) is 0. The molecule has 1 aromatic heterocycles. The number of aryl methyl sites for hydroxylation is 2. The summed E-state index contributed by atoms with van der Waals surface area (Å²) in [6.45, 7) is 4.56. The van der Waals surface area contributed by atoms with Crippen LogP contribution in [0.2, 0.25) is 0 Å². The zero-order chi connectivity index (χ0) is 22.2. The number of aliphatic carboxylic acids is 1. The second-order valence-corrected chi connectivity index (χ2v) is 9.05. The fourth-order valence-electron chi connectivity index (χ4n) is 4.81. The minimum atomic E-state index is -0.779. The molecule has 32 heavy (non-hydrogen) atoms. The summed E-state index contributed by atoms with van der Waals surface area (Å²) in [4.78, 5) is 18.6. The van der Waals surface area contributed by atoms with E-state index < -0.39 is 5.97 Å². The SMILES string of the molecule is O=C(O)CC(COC1CCCN(CCCc2ccc3c(n2)NCCC3)C1)c1ccccc1. The Hall–Kier alpha value is -2.44. The number of carbonyl (C=O) groups is 1. The third kappa shape index (κ3) is 6.53. The Balaban J connectivity index is 1.23. The number of aromatic nitrogens is 1. The molecule has 4 rings (SSSR count). The van der Waals surface area contributed by atoms with E-state index >= 15 is 0 Å². The van der Waals surface area contributed by atoms with E-state index in [1.165, 1.54) is 17.7 Å². The molecule has 1 saturated heterocycles. The highest BCUT2D eigenvalue weighted by atomic mass is 16.5. The van der Waals surface area contributed by atoms with Gasteiger partial charge < -0.3 is 20.1 Å². The van der Waals surface area contributed by atoms with Crippen molar-refractivity contribution in [3.63, 3.8) is 0 Å². The van der Waals surface area contributed by atoms with Gasteiger partial charge in [0.15, 0.2) is 0 Å². The van der Waals surface area contributed by atoms with Crippen LogP contribution >= 0.6 is 0 Å². The van der Waals surface area contributed by atoms with Gasteiger partial charge in [-0.2, -0.15) is 0 Å². The highest BCUT2D eigenvalue weighted by molar-refractivity contribution is 5.68. The number of hydrogen-bond acceptors (Lipinski definition) is 5. The lowest BCUT2D eigenvalue weighted by molar-refractivity contribution is -0.138. The maximum Gasteiger partial charge on any atom is 0.304 e. The zero-order valence-corrected chi connectivity index (χ0v) is 18.8. The second kappa shape index (κ2) is 11.4. The molecule has 0 amide bonds. The molecule has 0 radical (unpaired) electrons. The number of benzene rings is 1. The number of ether oxygens (including phenoxy) is 1. The van der Waals surface area contributed by atoms with Gasteiger partial charge in [0.05, 0.1) is 19.1 Å². The van der Waals surface area contributed by atoms with Gasteiger partial charge in [0, 0.05) is 24.7 Å². The average Bonchev–Trinajstić information content (AvgIpc) is 2.82. The number of fused-ring (bicyclic) bond motifs is 1. The van der Waals surface area contributed by atoms with Crippen molar-refractivity contribution in [3.8, 4) is 0 Å². The summed E-state index contributed by atoms with van der Waals surface area (Å²) in [6, 6.07) is 14.3. The molecule has 2 aliphatic heterocycles. The normalized spacial score (nSPS) is 19.7. The van der Waals surface area contributed by atoms with Crippen LogP contribution in [0, 0.1) is 0 Å². The molecule has 2 unspecified atom stereocenters. The molecular weight excluding hydrogens is 402 g/mol. The third-order valence-corrected chi connectivity index (χ3v) is 6.55. The Morgan fingerprint density at radius 3 is 2.94 bits per heavy atom. The topological polar surface area (TPSA) is 74.7 Å². The molecular formula is C26H35N3O3. The molecule has 2 aromatic rings. The van der Waals surface area contributed by atoms with Gasteiger partial charge >= 0.3 is 5.97 Å². The predicted molar refractivity (Wildman–Crippen MR) is 126 cm³/mol. The standard InChI is InChI=1S/C26H35N3O3/c30-25(31)17-22(20-7-2-1-3-8-20)19-32-24-11-6-16-29(18-24)15-5-10-23-13-12-21-9-4-14-27-26(21)28-23/h1-3,7-8,12-13,22,24H,4-6,9-11,14-19H2,(H,27,28)(H,30,31). The molecule has 0 bridgehead atoms. The molecule has 2 atom stereocenters. The summed E-state index contributed by atoms with van der Waals surface area (Å²) >= 11 is 0. The van der Waals surface area contributed by atoms with Crippen molar-refractivity contribution in [1.29, 1.82) is 0 Å². The van der Waals surface area contributed by atoms with Gasteiger partial charge in [-0.25, -0.2) is 4.98 Å². The molecule has 0 spiro atoms. The molecule has 2 aliphatic rings. The molecule has 6 nitrogen and oxygen atoms in total. The number of nitrogens with zero attached hydrogens (tertiary/aromatic N) is 2. The number of anilines is 1. The first kappa shape index (κ1) is 22.7. The molecule has 2 N–H and O–H groups in total. The highest BCUT2D eigenvalue weighted by Gasteiger charge is 2.23. The molecule has 1 aromatic carbocycles. The van der Waals surface area contributed by atoms with E-state index in [9.17, 15) is 9.90 Å². The van der Waals surface area contributed by atoms with Crippen molar-refractivity contribution in [2.45, 2.75) is 57.0 Å². The number of hydrogen-bond donors (Lipinski definition) is 2. The van der Waals surface area contributed by atoms with Crippen LogP contribution in [-0.4, -0.2) is 59.8 Å². The first-order valence-corrected chi connectivity index (χ1v) is 12.0. The summed E-state index contributed by atoms with van der Waals surface area (Å²) in [5.74, 6) is 0.195. The number of carboxylic acids is 1. The summed E-state index contributed by atoms with van der Waals surface area (Å²) in [5.41, 5.74) is 3.55. The minimum absolute atomic E-state index is 0.100. The van der Waals surface area contributed by atoms with E-state index in [4.69, 9.17) is 9.72 Å². The second-order valence-electron chi connectivity index (χ2n) is 9.05. The molecule has 0 saturated carbocycles. The average molecular weight is 438 g/mol. The van der Waals surface area contributed by atoms with Crippen molar-refractivity contribution in [3.05, 3.63) is 59.3 Å². The Kier molecular flexibility index (Phi) is 8.13. The zero-order valence-electron chi connectivity index (χ0n) is 18.8. The van der Waals surface area contributed by atoms with Crippen LogP contribution in [0.5, 0.6) is 0 Å². The van der Waals surface area contributed by atoms with Crippen LogP contribution in [0.15, 0.2) is 42.5 Å². The Morgan fingerprint density at radius 1 is 1.22 bits per heavy atom. The number of piperidine rings is 1. The van der Waals surface area contributed by atoms with E-state index in [1.54, 1.807) is 0 Å². The van der Waals surface area contributed by atoms with Gasteiger partial charge in [-0.1, -0.05) is 36.4 Å². The van der Waals surface area contributed by atoms with E-state index in [2.05, 4.69) is 22.3 Å². The van der Waals surface area contributed by atoms with E-state index in [0.717, 1.165) is 69.7 Å². The molecule has 3 heterocycles. The molecule has 6 heteroatoms. The van der Waals surface area contributed by atoms with E-state index in [-0.39, 0.29) is 18.4 Å². The van der Waals surface area contributed by atoms with Gasteiger partial charge in [-0.3, -0.25) is 4.79 Å². The number of pyridine rings is 1. The van der Waals surface area contributed by atoms with E-state index in [1.807, 2.05) is 30.3 Å². The lowest BCUT2D eigenvalue weighted by Crippen LogP contribution is -2.40. The van der Waals surface area contributed by atoms with E-state index in [0.29, 0.717) is 6.61 Å². The van der Waals surface area contributed by atoms with Gasteiger partial charge in [-0.05, 0) is 68.8 Å². The Bertz CT molecular complexity index is 874. The summed E-state index contributed by atoms with van der Waals surface area (Å²) in [5, 5.41) is 12.7. The van der Waals surface area contributed by atoms with Crippen molar-refractivity contribution in [2.24, 2.45) is 0 Å². The number of nitrogens with one attached hydrogen (secondary N) is 1. The highest BCUT2D eigenvalue weighted by Crippen LogP contribution is 2.23. The van der Waals surface area contributed by atoms with Crippen molar-refractivity contribution in [2.75, 3.05) is 38.1 Å². The number of carboxylic acid groups (broad SMARTS) is 1. The minimum Gasteiger partial charge on any atom is -0.481 e. The quantitative estimate of drug-likeness (QED) is 0.583. The van der Waals surface area contributed by atoms with Gasteiger partial charge in [-0.15, -0.1) is 0 Å². The molecule has 172 valence electrons. The Morgan fingerprint density at radius 2 is 2.09 bits per heavy atom. The summed E-state index contributed by atoms with van der Waals surface area (Å²) < 4.78 is 6.23. The maximum atomic E-state index is 11.3. The summed E-state index contributed by atoms with van der Waals surface area (Å²) in [6.07, 6.45) is 6.84. The van der Waals surface area contributed by atoms with Gasteiger partial charge in [0.2, 0.25) is 0 Å². The van der Waals surface area contributed by atoms with Crippen LogP contribution < -0.4 is 5.32 Å². The van der Waals surface area contributed by atoms with Crippen LogP contribution in [0.4, 0.5) is 5.82 Å². The predicted octanol–water partition coefficient (Wildman–Crippen LogP) is 4.11. The van der Waals surface area contributed by atoms with Crippen LogP contribution in [0.3, 0.4) is 0 Å². The molecule has 1 fully saturated rings. The fourth-order valence-corrected chi connectivity index (χ4v) is 4.81. The first-order chi connectivity index (χ1) is 15.7. The van der Waals surface area contributed by atoms with Crippen molar-refractivity contribution < 1.29 is 14.6 Å². The van der Waals surface area contributed by atoms with Crippen LogP contribution in [-0.2, 0) is 22.4 Å². The number of likely N-dealkylation sites (tertiary alicyclic amines) is 1. The lowest BCUT2D eigenvalue weighted by atomic mass is 9.96. The van der Waals surface area contributed by atoms with Crippen molar-refractivity contribution >= 4 is 11.8 Å². The number of rotatable bonds is 10. The lowest BCUT2D eigenvalue weighted by Gasteiger charge is -2.33. The Labute approximate surface area is 191 Å². The van der Waals surface area contributed by atoms with Gasteiger partial charge in [0.1, 0.15) is 5.82 Å². The van der Waals surface area contributed by atoms with Crippen LogP contribution in [0.1, 0.15) is 54.8 Å². The largest absolute Gasteiger partial charge is 0.481 e. The van der Waals surface area contributed by atoms with Crippen molar-refractivity contribution in [1.82, 2.24) is 9.88 Å². The maximum absolute atomic E-state index is 11.3. The smallest absolute Gasteiger partial charge is 0.304 e. The monoisotopic (exact) mass is 437 g/mol. The first-order valence-electron chi connectivity index (χ1n) is 12.0. The fraction of sp³-hybridized carbons (Fsp3) is 0.538.